The van der Waals surface area contributed by atoms with E-state index in [-0.39, 0.29) is 6.61 Å². The number of rotatable bonds is 11. The van der Waals surface area contributed by atoms with Crippen LogP contribution in [-0.2, 0) is 22.4 Å². The van der Waals surface area contributed by atoms with Crippen molar-refractivity contribution in [3.05, 3.63) is 42.0 Å². The SMILES string of the molecule is C=CC(=O)OCC(O)Cc1ccc(O[Si](CC)(CC)CC)c(CC)c1. The Labute approximate surface area is 153 Å². The molecule has 0 saturated heterocycles. The molecule has 0 fully saturated rings. The molecule has 5 heteroatoms. The van der Waals surface area contributed by atoms with Crippen molar-refractivity contribution in [3.63, 3.8) is 0 Å². The second-order valence-corrected chi connectivity index (χ2v) is 11.0. The normalized spacial score (nSPS) is 12.5. The Morgan fingerprint density at radius 3 is 2.40 bits per heavy atom. The molecule has 1 N–H and O–H groups in total. The summed E-state index contributed by atoms with van der Waals surface area (Å²) in [6.07, 6.45) is 1.69. The second kappa shape index (κ2) is 10.4. The molecule has 1 atom stereocenters. The molecule has 140 valence electrons. The van der Waals surface area contributed by atoms with Crippen LogP contribution in [0.3, 0.4) is 0 Å². The molecule has 0 aliphatic rings. The van der Waals surface area contributed by atoms with Gasteiger partial charge in [-0.15, -0.1) is 0 Å². The largest absolute Gasteiger partial charge is 0.543 e. The molecule has 1 rings (SSSR count). The number of hydrogen-bond acceptors (Lipinski definition) is 4. The van der Waals surface area contributed by atoms with E-state index >= 15 is 0 Å². The Bertz CT molecular complexity index is 559. The summed E-state index contributed by atoms with van der Waals surface area (Å²) in [6, 6.07) is 9.44. The van der Waals surface area contributed by atoms with Gasteiger partial charge in [-0.05, 0) is 41.7 Å². The van der Waals surface area contributed by atoms with Gasteiger partial charge in [0, 0.05) is 12.5 Å². The zero-order chi connectivity index (χ0) is 18.9. The van der Waals surface area contributed by atoms with Crippen molar-refractivity contribution < 1.29 is 19.1 Å². The number of carbonyl (C=O) groups is 1. The first-order valence-corrected chi connectivity index (χ1v) is 11.7. The zero-order valence-electron chi connectivity index (χ0n) is 16.0. The lowest BCUT2D eigenvalue weighted by atomic mass is 10.0. The summed E-state index contributed by atoms with van der Waals surface area (Å²) >= 11 is 0. The Hall–Kier alpha value is -1.59. The molecule has 25 heavy (non-hydrogen) atoms. The number of hydrogen-bond donors (Lipinski definition) is 1. The fourth-order valence-electron chi connectivity index (χ4n) is 2.90. The van der Waals surface area contributed by atoms with Crippen molar-refractivity contribution in [1.29, 1.82) is 0 Å². The third-order valence-corrected chi connectivity index (χ3v) is 9.34. The van der Waals surface area contributed by atoms with Gasteiger partial charge in [0.1, 0.15) is 12.4 Å². The van der Waals surface area contributed by atoms with Crippen LogP contribution in [0.2, 0.25) is 18.1 Å². The molecule has 0 heterocycles. The van der Waals surface area contributed by atoms with Crippen LogP contribution in [0.5, 0.6) is 5.75 Å². The lowest BCUT2D eigenvalue weighted by molar-refractivity contribution is -0.140. The minimum Gasteiger partial charge on any atom is -0.543 e. The molecule has 1 aromatic carbocycles. The summed E-state index contributed by atoms with van der Waals surface area (Å²) in [7, 11) is -1.70. The number of carbonyl (C=O) groups excluding carboxylic acids is 1. The van der Waals surface area contributed by atoms with Gasteiger partial charge in [-0.2, -0.15) is 0 Å². The van der Waals surface area contributed by atoms with Crippen LogP contribution in [0, 0.1) is 0 Å². The third kappa shape index (κ3) is 6.33. The van der Waals surface area contributed by atoms with Gasteiger partial charge in [0.05, 0.1) is 6.10 Å². The predicted molar refractivity (Wildman–Crippen MR) is 105 cm³/mol. The van der Waals surface area contributed by atoms with Crippen LogP contribution >= 0.6 is 0 Å². The van der Waals surface area contributed by atoms with Crippen molar-refractivity contribution in [2.45, 2.75) is 64.8 Å². The highest BCUT2D eigenvalue weighted by Crippen LogP contribution is 2.29. The van der Waals surface area contributed by atoms with Gasteiger partial charge in [-0.3, -0.25) is 0 Å². The van der Waals surface area contributed by atoms with E-state index in [0.29, 0.717) is 6.42 Å². The molecule has 0 radical (unpaired) electrons. The van der Waals surface area contributed by atoms with E-state index in [1.165, 1.54) is 5.56 Å². The van der Waals surface area contributed by atoms with Crippen LogP contribution in [0.1, 0.15) is 38.8 Å². The zero-order valence-corrected chi connectivity index (χ0v) is 17.0. The Morgan fingerprint density at radius 2 is 1.88 bits per heavy atom. The lowest BCUT2D eigenvalue weighted by Gasteiger charge is -2.30. The first-order valence-electron chi connectivity index (χ1n) is 9.21. The fraction of sp³-hybridized carbons (Fsp3) is 0.550. The van der Waals surface area contributed by atoms with E-state index in [9.17, 15) is 9.90 Å². The number of esters is 1. The minimum absolute atomic E-state index is 0.0257. The van der Waals surface area contributed by atoms with Crippen molar-refractivity contribution in [1.82, 2.24) is 0 Å². The van der Waals surface area contributed by atoms with E-state index in [2.05, 4.69) is 40.3 Å². The molecule has 4 nitrogen and oxygen atoms in total. The standard InChI is InChI=1S/C20H32O4Si/c1-6-17-13-16(14-18(21)15-23-20(22)7-2)11-12-19(17)24-25(8-3,9-4)10-5/h7,11-13,18,21H,2,6,8-10,14-15H2,1,3-5H3. The van der Waals surface area contributed by atoms with Crippen molar-refractivity contribution in [2.24, 2.45) is 0 Å². The number of aliphatic hydroxyl groups is 1. The summed E-state index contributed by atoms with van der Waals surface area (Å²) < 4.78 is 11.4. The van der Waals surface area contributed by atoms with Gasteiger partial charge >= 0.3 is 5.97 Å². The first-order chi connectivity index (χ1) is 11.9. The molecule has 0 amide bonds. The van der Waals surface area contributed by atoms with E-state index < -0.39 is 20.4 Å². The summed E-state index contributed by atoms with van der Waals surface area (Å²) in [5.41, 5.74) is 2.18. The average Bonchev–Trinajstić information content (AvgIpc) is 2.65. The van der Waals surface area contributed by atoms with Gasteiger partial charge in [0.2, 0.25) is 8.32 Å². The van der Waals surface area contributed by atoms with E-state index in [1.54, 1.807) is 0 Å². The van der Waals surface area contributed by atoms with Crippen LogP contribution < -0.4 is 4.43 Å². The molecular weight excluding hydrogens is 332 g/mol. The summed E-state index contributed by atoms with van der Waals surface area (Å²) in [5.74, 6) is 0.466. The molecule has 0 saturated carbocycles. The van der Waals surface area contributed by atoms with Gasteiger partial charge in [-0.1, -0.05) is 46.4 Å². The van der Waals surface area contributed by atoms with Crippen LogP contribution in [0.4, 0.5) is 0 Å². The van der Waals surface area contributed by atoms with Crippen molar-refractivity contribution in [2.75, 3.05) is 6.61 Å². The quantitative estimate of drug-likeness (QED) is 0.362. The molecule has 1 unspecified atom stereocenters. The van der Waals surface area contributed by atoms with Crippen LogP contribution in [0.15, 0.2) is 30.9 Å². The Kier molecular flexibility index (Phi) is 8.93. The highest BCUT2D eigenvalue weighted by Gasteiger charge is 2.31. The summed E-state index contributed by atoms with van der Waals surface area (Å²) in [5, 5.41) is 10.0. The monoisotopic (exact) mass is 364 g/mol. The Morgan fingerprint density at radius 1 is 1.24 bits per heavy atom. The molecule has 0 bridgehead atoms. The number of ether oxygens (including phenoxy) is 1. The van der Waals surface area contributed by atoms with Gasteiger partial charge in [0.25, 0.3) is 0 Å². The van der Waals surface area contributed by atoms with E-state index in [4.69, 9.17) is 9.16 Å². The maximum Gasteiger partial charge on any atom is 0.330 e. The molecule has 0 aliphatic carbocycles. The molecule has 0 spiro atoms. The molecule has 0 aliphatic heterocycles. The van der Waals surface area contributed by atoms with Crippen LogP contribution in [-0.4, -0.2) is 32.1 Å². The first kappa shape index (κ1) is 21.4. The van der Waals surface area contributed by atoms with Crippen molar-refractivity contribution in [3.8, 4) is 5.75 Å². The highest BCUT2D eigenvalue weighted by molar-refractivity contribution is 6.74. The topological polar surface area (TPSA) is 55.8 Å². The van der Waals surface area contributed by atoms with Gasteiger partial charge < -0.3 is 14.3 Å². The number of aliphatic hydroxyl groups excluding tert-OH is 1. The molecule has 1 aromatic rings. The predicted octanol–water partition coefficient (Wildman–Crippen LogP) is 4.27. The van der Waals surface area contributed by atoms with Gasteiger partial charge in [0.15, 0.2) is 0 Å². The third-order valence-electron chi connectivity index (χ3n) is 4.82. The maximum atomic E-state index is 11.1. The van der Waals surface area contributed by atoms with Crippen LogP contribution in [0.25, 0.3) is 0 Å². The van der Waals surface area contributed by atoms with Crippen molar-refractivity contribution >= 4 is 14.3 Å². The fourth-order valence-corrected chi connectivity index (χ4v) is 5.50. The maximum absolute atomic E-state index is 11.1. The average molecular weight is 365 g/mol. The summed E-state index contributed by atoms with van der Waals surface area (Å²) in [6.45, 7) is 12.1. The van der Waals surface area contributed by atoms with E-state index in [1.807, 2.05) is 12.1 Å². The minimum atomic E-state index is -1.70. The highest BCUT2D eigenvalue weighted by atomic mass is 28.4. The lowest BCUT2D eigenvalue weighted by Crippen LogP contribution is -2.39. The second-order valence-electron chi connectivity index (χ2n) is 6.33. The number of aryl methyl sites for hydroxylation is 1. The number of benzene rings is 1. The summed E-state index contributed by atoms with van der Waals surface area (Å²) in [4.78, 5) is 11.1. The smallest absolute Gasteiger partial charge is 0.330 e. The molecule has 0 aromatic heterocycles. The van der Waals surface area contributed by atoms with Gasteiger partial charge in [-0.25, -0.2) is 4.79 Å². The molecular formula is C20H32O4Si. The van der Waals surface area contributed by atoms with E-state index in [0.717, 1.165) is 41.9 Å². The Balaban J connectivity index is 2.84.